The average molecular weight is 422 g/mol. The van der Waals surface area contributed by atoms with Crippen LogP contribution in [0.2, 0.25) is 0 Å². The highest BCUT2D eigenvalue weighted by Gasteiger charge is 2.21. The third kappa shape index (κ3) is 6.04. The summed E-state index contributed by atoms with van der Waals surface area (Å²) >= 11 is 0. The van der Waals surface area contributed by atoms with Crippen molar-refractivity contribution < 1.29 is 14.6 Å². The van der Waals surface area contributed by atoms with Crippen molar-refractivity contribution in [2.75, 3.05) is 23.3 Å². The van der Waals surface area contributed by atoms with E-state index in [1.807, 2.05) is 48.8 Å². The maximum Gasteiger partial charge on any atom is 0.335 e. The van der Waals surface area contributed by atoms with Crippen molar-refractivity contribution in [3.63, 3.8) is 0 Å². The summed E-state index contributed by atoms with van der Waals surface area (Å²) in [5, 5.41) is 13.1. The number of nitrogens with one attached hydrogen (secondary N) is 2. The number of carboxylic acids is 1. The molecule has 1 aromatic heterocycles. The molecule has 1 heterocycles. The maximum absolute atomic E-state index is 11.9. The Hall–Kier alpha value is -3.41. The predicted molar refractivity (Wildman–Crippen MR) is 126 cm³/mol. The highest BCUT2D eigenvalue weighted by Crippen LogP contribution is 2.42. The van der Waals surface area contributed by atoms with E-state index >= 15 is 0 Å². The summed E-state index contributed by atoms with van der Waals surface area (Å²) in [6.45, 7) is 6.00. The van der Waals surface area contributed by atoms with Crippen LogP contribution in [0.1, 0.15) is 49.9 Å². The van der Waals surface area contributed by atoms with Crippen LogP contribution in [-0.4, -0.2) is 29.1 Å². The van der Waals surface area contributed by atoms with E-state index in [-0.39, 0.29) is 5.56 Å². The Bertz CT molecular complexity index is 948. The smallest absolute Gasteiger partial charge is 0.335 e. The van der Waals surface area contributed by atoms with Gasteiger partial charge < -0.3 is 25.0 Å². The fourth-order valence-electron chi connectivity index (χ4n) is 3.39. The van der Waals surface area contributed by atoms with Crippen LogP contribution in [0, 0.1) is 0 Å². The summed E-state index contributed by atoms with van der Waals surface area (Å²) in [5.74, 6) is 0.370. The SMILES string of the molecule is CCCCN(CCCC)c1cc(C(=O)O)cc(Nc2cc[nH]c2)c1Oc1ccccc1. The third-order valence-electron chi connectivity index (χ3n) is 5.06. The first-order chi connectivity index (χ1) is 15.1. The Morgan fingerprint density at radius 2 is 1.77 bits per heavy atom. The van der Waals surface area contributed by atoms with E-state index in [1.165, 1.54) is 0 Å². The summed E-state index contributed by atoms with van der Waals surface area (Å²) in [6, 6.07) is 14.8. The van der Waals surface area contributed by atoms with E-state index in [4.69, 9.17) is 4.74 Å². The molecule has 0 radical (unpaired) electrons. The van der Waals surface area contributed by atoms with Gasteiger partial charge in [-0.05, 0) is 43.2 Å². The molecule has 0 aliphatic rings. The van der Waals surface area contributed by atoms with Crippen molar-refractivity contribution in [2.24, 2.45) is 0 Å². The second kappa shape index (κ2) is 11.1. The zero-order valence-electron chi connectivity index (χ0n) is 18.2. The van der Waals surface area contributed by atoms with Gasteiger partial charge in [-0.25, -0.2) is 4.79 Å². The quantitative estimate of drug-likeness (QED) is 0.305. The number of carbonyl (C=O) groups is 1. The Morgan fingerprint density at radius 3 is 2.35 bits per heavy atom. The van der Waals surface area contributed by atoms with Crippen molar-refractivity contribution in [1.29, 1.82) is 0 Å². The molecule has 6 nitrogen and oxygen atoms in total. The zero-order valence-corrected chi connectivity index (χ0v) is 18.2. The molecule has 0 aliphatic carbocycles. The molecule has 31 heavy (non-hydrogen) atoms. The molecule has 0 unspecified atom stereocenters. The lowest BCUT2D eigenvalue weighted by Gasteiger charge is -2.28. The lowest BCUT2D eigenvalue weighted by molar-refractivity contribution is 0.0697. The van der Waals surface area contributed by atoms with Gasteiger partial charge in [0.05, 0.1) is 22.6 Å². The molecule has 0 bridgehead atoms. The number of aromatic carboxylic acids is 1. The standard InChI is InChI=1S/C25H31N3O3/c1-3-5-14-28(15-6-4-2)23-17-19(25(29)30)16-22(27-20-12-13-26-18-20)24(23)31-21-10-8-7-9-11-21/h7-13,16-18,26-27H,3-6,14-15H2,1-2H3,(H,29,30). The van der Waals surface area contributed by atoms with Gasteiger partial charge in [0.2, 0.25) is 0 Å². The lowest BCUT2D eigenvalue weighted by atomic mass is 10.1. The average Bonchev–Trinajstić information content (AvgIpc) is 3.29. The first kappa shape index (κ1) is 22.3. The van der Waals surface area contributed by atoms with E-state index in [1.54, 1.807) is 12.1 Å². The minimum Gasteiger partial charge on any atom is -0.478 e. The number of para-hydroxylation sites is 1. The van der Waals surface area contributed by atoms with E-state index in [9.17, 15) is 9.90 Å². The Balaban J connectivity index is 2.13. The molecular formula is C25H31N3O3. The van der Waals surface area contributed by atoms with Gasteiger partial charge in [0.1, 0.15) is 5.75 Å². The second-order valence-electron chi connectivity index (χ2n) is 7.51. The number of aromatic amines is 1. The van der Waals surface area contributed by atoms with Crippen LogP contribution < -0.4 is 15.0 Å². The summed E-state index contributed by atoms with van der Waals surface area (Å²) in [7, 11) is 0. The van der Waals surface area contributed by atoms with Crippen LogP contribution in [0.4, 0.5) is 17.1 Å². The first-order valence-corrected chi connectivity index (χ1v) is 10.9. The molecule has 3 aromatic rings. The molecule has 2 aromatic carbocycles. The lowest BCUT2D eigenvalue weighted by Crippen LogP contribution is -2.26. The number of benzene rings is 2. The van der Waals surface area contributed by atoms with Gasteiger partial charge in [-0.3, -0.25) is 0 Å². The summed E-state index contributed by atoms with van der Waals surface area (Å²) in [6.07, 6.45) is 7.80. The van der Waals surface area contributed by atoms with Crippen molar-refractivity contribution in [1.82, 2.24) is 4.98 Å². The van der Waals surface area contributed by atoms with Crippen molar-refractivity contribution in [3.05, 3.63) is 66.5 Å². The molecule has 3 rings (SSSR count). The van der Waals surface area contributed by atoms with Gasteiger partial charge in [0.15, 0.2) is 5.75 Å². The fourth-order valence-corrected chi connectivity index (χ4v) is 3.39. The topological polar surface area (TPSA) is 77.6 Å². The minimum atomic E-state index is -0.962. The molecule has 0 aliphatic heterocycles. The van der Waals surface area contributed by atoms with E-state index in [0.29, 0.717) is 17.2 Å². The van der Waals surface area contributed by atoms with Gasteiger partial charge in [0, 0.05) is 25.5 Å². The molecule has 0 atom stereocenters. The normalized spacial score (nSPS) is 10.6. The van der Waals surface area contributed by atoms with E-state index in [2.05, 4.69) is 29.0 Å². The highest BCUT2D eigenvalue weighted by molar-refractivity contribution is 5.93. The number of hydrogen-bond donors (Lipinski definition) is 3. The number of rotatable bonds is 12. The molecule has 0 saturated carbocycles. The molecule has 164 valence electrons. The van der Waals surface area contributed by atoms with E-state index in [0.717, 1.165) is 50.1 Å². The second-order valence-corrected chi connectivity index (χ2v) is 7.51. The van der Waals surface area contributed by atoms with Crippen molar-refractivity contribution >= 4 is 23.0 Å². The van der Waals surface area contributed by atoms with Crippen molar-refractivity contribution in [2.45, 2.75) is 39.5 Å². The number of H-pyrrole nitrogens is 1. The molecule has 0 fully saturated rings. The summed E-state index contributed by atoms with van der Waals surface area (Å²) in [5.41, 5.74) is 2.48. The van der Waals surface area contributed by atoms with Crippen molar-refractivity contribution in [3.8, 4) is 11.5 Å². The number of unbranched alkanes of at least 4 members (excludes halogenated alkanes) is 2. The van der Waals surface area contributed by atoms with Crippen LogP contribution in [0.25, 0.3) is 0 Å². The maximum atomic E-state index is 11.9. The van der Waals surface area contributed by atoms with E-state index < -0.39 is 5.97 Å². The Labute approximate surface area is 183 Å². The molecule has 6 heteroatoms. The monoisotopic (exact) mass is 421 g/mol. The Kier molecular flexibility index (Phi) is 7.98. The molecule has 0 amide bonds. The zero-order chi connectivity index (χ0) is 22.1. The summed E-state index contributed by atoms with van der Waals surface area (Å²) < 4.78 is 6.36. The number of hydrogen-bond acceptors (Lipinski definition) is 4. The third-order valence-corrected chi connectivity index (χ3v) is 5.06. The minimum absolute atomic E-state index is 0.228. The van der Waals surface area contributed by atoms with Crippen LogP contribution in [-0.2, 0) is 0 Å². The number of carboxylic acid groups (broad SMARTS) is 1. The number of anilines is 3. The molecular weight excluding hydrogens is 390 g/mol. The number of aromatic nitrogens is 1. The van der Waals surface area contributed by atoms with Crippen LogP contribution in [0.3, 0.4) is 0 Å². The first-order valence-electron chi connectivity index (χ1n) is 10.9. The highest BCUT2D eigenvalue weighted by atomic mass is 16.5. The van der Waals surface area contributed by atoms with Gasteiger partial charge in [0.25, 0.3) is 0 Å². The van der Waals surface area contributed by atoms with Crippen LogP contribution in [0.15, 0.2) is 60.9 Å². The molecule has 0 saturated heterocycles. The predicted octanol–water partition coefficient (Wildman–Crippen LogP) is 6.66. The fraction of sp³-hybridized carbons (Fsp3) is 0.320. The van der Waals surface area contributed by atoms with Gasteiger partial charge in [-0.1, -0.05) is 44.9 Å². The van der Waals surface area contributed by atoms with Gasteiger partial charge >= 0.3 is 5.97 Å². The van der Waals surface area contributed by atoms with Crippen LogP contribution >= 0.6 is 0 Å². The molecule has 3 N–H and O–H groups in total. The Morgan fingerprint density at radius 1 is 1.06 bits per heavy atom. The van der Waals surface area contributed by atoms with Gasteiger partial charge in [-0.2, -0.15) is 0 Å². The number of ether oxygens (including phenoxy) is 1. The molecule has 0 spiro atoms. The summed E-state index contributed by atoms with van der Waals surface area (Å²) in [4.78, 5) is 17.2. The number of nitrogens with zero attached hydrogens (tertiary/aromatic N) is 1. The largest absolute Gasteiger partial charge is 0.478 e. The van der Waals surface area contributed by atoms with Crippen LogP contribution in [0.5, 0.6) is 11.5 Å². The van der Waals surface area contributed by atoms with Gasteiger partial charge in [-0.15, -0.1) is 0 Å².